The molecule has 1 amide bonds. The van der Waals surface area contributed by atoms with Crippen LogP contribution in [0.4, 0.5) is 8.78 Å². The molecule has 0 unspecified atom stereocenters. The smallest absolute Gasteiger partial charge is 0.241 e. The van der Waals surface area contributed by atoms with Crippen LogP contribution in [-0.2, 0) is 4.79 Å². The number of rotatable bonds is 2. The van der Waals surface area contributed by atoms with E-state index >= 15 is 0 Å². The lowest BCUT2D eigenvalue weighted by atomic mass is 10.2. The van der Waals surface area contributed by atoms with E-state index in [0.717, 1.165) is 18.2 Å². The van der Waals surface area contributed by atoms with Gasteiger partial charge in [0.25, 0.3) is 0 Å². The van der Waals surface area contributed by atoms with Crippen molar-refractivity contribution in [1.82, 2.24) is 0 Å². The van der Waals surface area contributed by atoms with Gasteiger partial charge in [0.2, 0.25) is 5.91 Å². The predicted octanol–water partition coefficient (Wildman–Crippen LogP) is 1.46. The molecule has 2 nitrogen and oxygen atoms in total. The van der Waals surface area contributed by atoms with Gasteiger partial charge in [-0.3, -0.25) is 4.79 Å². The first-order valence-electron chi connectivity index (χ1n) is 3.52. The number of primary amides is 1. The molecular formula is C9H7F2NO. The Labute approximate surface area is 73.7 Å². The van der Waals surface area contributed by atoms with Gasteiger partial charge < -0.3 is 5.73 Å². The molecule has 0 aliphatic carbocycles. The zero-order valence-corrected chi connectivity index (χ0v) is 6.63. The molecule has 0 saturated heterocycles. The summed E-state index contributed by atoms with van der Waals surface area (Å²) in [6, 6.07) is 3.06. The van der Waals surface area contributed by atoms with Gasteiger partial charge in [0, 0.05) is 17.7 Å². The maximum atomic E-state index is 12.9. The highest BCUT2D eigenvalue weighted by atomic mass is 19.1. The Morgan fingerprint density at radius 3 is 2.62 bits per heavy atom. The van der Waals surface area contributed by atoms with Gasteiger partial charge >= 0.3 is 0 Å². The van der Waals surface area contributed by atoms with Gasteiger partial charge in [-0.05, 0) is 18.2 Å². The number of hydrogen-bond donors (Lipinski definition) is 1. The van der Waals surface area contributed by atoms with E-state index < -0.39 is 17.5 Å². The van der Waals surface area contributed by atoms with Gasteiger partial charge in [-0.2, -0.15) is 0 Å². The summed E-state index contributed by atoms with van der Waals surface area (Å²) in [5.41, 5.74) is 4.92. The van der Waals surface area contributed by atoms with Crippen molar-refractivity contribution < 1.29 is 13.6 Å². The fourth-order valence-electron chi connectivity index (χ4n) is 0.809. The average Bonchev–Trinajstić information content (AvgIpc) is 2.02. The van der Waals surface area contributed by atoms with E-state index in [1.165, 1.54) is 12.1 Å². The summed E-state index contributed by atoms with van der Waals surface area (Å²) in [7, 11) is 0. The molecular weight excluding hydrogens is 176 g/mol. The van der Waals surface area contributed by atoms with Crippen LogP contribution in [0.3, 0.4) is 0 Å². The topological polar surface area (TPSA) is 43.1 Å². The standard InChI is InChI=1S/C9H7F2NO/c10-7-3-1-6(8(11)5-7)2-4-9(12)13/h1-5H,(H2,12,13). The lowest BCUT2D eigenvalue weighted by molar-refractivity contribution is -0.113. The molecule has 4 heteroatoms. The van der Waals surface area contributed by atoms with Crippen molar-refractivity contribution in [1.29, 1.82) is 0 Å². The first-order chi connectivity index (χ1) is 6.09. The highest BCUT2D eigenvalue weighted by Crippen LogP contribution is 2.10. The highest BCUT2D eigenvalue weighted by molar-refractivity contribution is 5.90. The summed E-state index contributed by atoms with van der Waals surface area (Å²) >= 11 is 0. The Kier molecular flexibility index (Phi) is 2.74. The number of nitrogens with two attached hydrogens (primary N) is 1. The average molecular weight is 183 g/mol. The minimum absolute atomic E-state index is 0.125. The second-order valence-electron chi connectivity index (χ2n) is 2.40. The summed E-state index contributed by atoms with van der Waals surface area (Å²) in [5, 5.41) is 0. The first kappa shape index (κ1) is 9.38. The predicted molar refractivity (Wildman–Crippen MR) is 44.6 cm³/mol. The molecule has 0 aromatic heterocycles. The van der Waals surface area contributed by atoms with Gasteiger partial charge in [0.1, 0.15) is 11.6 Å². The molecule has 2 N–H and O–H groups in total. The summed E-state index contributed by atoms with van der Waals surface area (Å²) in [6.45, 7) is 0. The van der Waals surface area contributed by atoms with Crippen LogP contribution in [0.1, 0.15) is 5.56 Å². The quantitative estimate of drug-likeness (QED) is 0.693. The van der Waals surface area contributed by atoms with Crippen LogP contribution in [0, 0.1) is 11.6 Å². The van der Waals surface area contributed by atoms with Gasteiger partial charge in [0.05, 0.1) is 0 Å². The molecule has 0 aliphatic heterocycles. The fraction of sp³-hybridized carbons (Fsp3) is 0. The number of amides is 1. The van der Waals surface area contributed by atoms with Crippen LogP contribution < -0.4 is 5.73 Å². The van der Waals surface area contributed by atoms with Crippen molar-refractivity contribution >= 4 is 12.0 Å². The number of halogens is 2. The van der Waals surface area contributed by atoms with E-state index in [9.17, 15) is 13.6 Å². The number of carbonyl (C=O) groups excluding carboxylic acids is 1. The molecule has 0 atom stereocenters. The van der Waals surface area contributed by atoms with Crippen LogP contribution in [0.2, 0.25) is 0 Å². The minimum Gasteiger partial charge on any atom is -0.366 e. The van der Waals surface area contributed by atoms with Gasteiger partial charge in [0.15, 0.2) is 0 Å². The monoisotopic (exact) mass is 183 g/mol. The van der Waals surface area contributed by atoms with Crippen LogP contribution in [-0.4, -0.2) is 5.91 Å². The Bertz CT molecular complexity index is 361. The molecule has 0 saturated carbocycles. The van der Waals surface area contributed by atoms with Crippen LogP contribution in [0.15, 0.2) is 24.3 Å². The summed E-state index contributed by atoms with van der Waals surface area (Å²) in [4.78, 5) is 10.3. The third kappa shape index (κ3) is 2.66. The third-order valence-electron chi connectivity index (χ3n) is 1.39. The molecule has 1 rings (SSSR count). The van der Waals surface area contributed by atoms with Crippen molar-refractivity contribution in [3.05, 3.63) is 41.5 Å². The van der Waals surface area contributed by atoms with Crippen LogP contribution in [0.5, 0.6) is 0 Å². The van der Waals surface area contributed by atoms with Crippen LogP contribution >= 0.6 is 0 Å². The van der Waals surface area contributed by atoms with Crippen molar-refractivity contribution in [2.75, 3.05) is 0 Å². The van der Waals surface area contributed by atoms with E-state index in [4.69, 9.17) is 5.73 Å². The van der Waals surface area contributed by atoms with Gasteiger partial charge in [-0.15, -0.1) is 0 Å². The van der Waals surface area contributed by atoms with E-state index in [0.29, 0.717) is 0 Å². The molecule has 0 aliphatic rings. The van der Waals surface area contributed by atoms with Gasteiger partial charge in [-0.25, -0.2) is 8.78 Å². The highest BCUT2D eigenvalue weighted by Gasteiger charge is 1.99. The molecule has 13 heavy (non-hydrogen) atoms. The third-order valence-corrected chi connectivity index (χ3v) is 1.39. The first-order valence-corrected chi connectivity index (χ1v) is 3.52. The molecule has 0 fully saturated rings. The lowest BCUT2D eigenvalue weighted by Crippen LogP contribution is -2.05. The van der Waals surface area contributed by atoms with E-state index in [1.807, 2.05) is 0 Å². The normalized spacial score (nSPS) is 10.6. The Morgan fingerprint density at radius 1 is 1.38 bits per heavy atom. The number of hydrogen-bond acceptors (Lipinski definition) is 1. The van der Waals surface area contributed by atoms with Gasteiger partial charge in [-0.1, -0.05) is 0 Å². The van der Waals surface area contributed by atoms with Crippen molar-refractivity contribution in [3.63, 3.8) is 0 Å². The minimum atomic E-state index is -0.725. The maximum Gasteiger partial charge on any atom is 0.241 e. The number of benzene rings is 1. The Hall–Kier alpha value is -1.71. The molecule has 0 spiro atoms. The molecule has 68 valence electrons. The van der Waals surface area contributed by atoms with E-state index in [2.05, 4.69) is 0 Å². The molecule has 0 heterocycles. The molecule has 0 radical (unpaired) electrons. The number of carbonyl (C=O) groups is 1. The van der Waals surface area contributed by atoms with E-state index in [-0.39, 0.29) is 5.56 Å². The molecule has 1 aromatic carbocycles. The van der Waals surface area contributed by atoms with E-state index in [1.54, 1.807) is 0 Å². The largest absolute Gasteiger partial charge is 0.366 e. The summed E-state index contributed by atoms with van der Waals surface area (Å²) in [5.74, 6) is -2.06. The SMILES string of the molecule is NC(=O)C=Cc1ccc(F)cc1F. The zero-order valence-electron chi connectivity index (χ0n) is 6.63. The second-order valence-corrected chi connectivity index (χ2v) is 2.40. The zero-order chi connectivity index (χ0) is 9.84. The lowest BCUT2D eigenvalue weighted by Gasteiger charge is -1.95. The molecule has 1 aromatic rings. The maximum absolute atomic E-state index is 12.9. The molecule has 0 bridgehead atoms. The second kappa shape index (κ2) is 3.80. The summed E-state index contributed by atoms with van der Waals surface area (Å²) in [6.07, 6.45) is 2.20. The van der Waals surface area contributed by atoms with Crippen molar-refractivity contribution in [3.8, 4) is 0 Å². The van der Waals surface area contributed by atoms with Crippen molar-refractivity contribution in [2.45, 2.75) is 0 Å². The van der Waals surface area contributed by atoms with Crippen molar-refractivity contribution in [2.24, 2.45) is 5.73 Å². The van der Waals surface area contributed by atoms with Crippen LogP contribution in [0.25, 0.3) is 6.08 Å². The fourth-order valence-corrected chi connectivity index (χ4v) is 0.809. The Morgan fingerprint density at radius 2 is 2.08 bits per heavy atom. The summed E-state index contributed by atoms with van der Waals surface area (Å²) < 4.78 is 25.2. The Balaban J connectivity index is 2.96.